The Balaban J connectivity index is 1.39. The molecule has 0 spiro atoms. The lowest BCUT2D eigenvalue weighted by Crippen LogP contribution is -2.35. The summed E-state index contributed by atoms with van der Waals surface area (Å²) in [6.45, 7) is 5.12. The Labute approximate surface area is 227 Å². The summed E-state index contributed by atoms with van der Waals surface area (Å²) in [5, 5.41) is 13.3. The van der Waals surface area contributed by atoms with Gasteiger partial charge in [-0.05, 0) is 56.9 Å². The molecule has 0 aliphatic carbocycles. The van der Waals surface area contributed by atoms with Gasteiger partial charge in [-0.1, -0.05) is 23.7 Å². The third-order valence-electron chi connectivity index (χ3n) is 7.24. The normalized spacial score (nSPS) is 20.8. The van der Waals surface area contributed by atoms with E-state index >= 15 is 0 Å². The van der Waals surface area contributed by atoms with E-state index in [4.69, 9.17) is 16.6 Å². The SMILES string of the molecule is Cc1cc(C(=O)Nc2nc3cccc(Cl)c3n2[C@@H]2CCCCN(C(=O)C=CCN3CC[C@H](O)C3)C2)ccn1. The van der Waals surface area contributed by atoms with Gasteiger partial charge in [0.05, 0.1) is 28.2 Å². The Morgan fingerprint density at radius 1 is 1.18 bits per heavy atom. The number of pyridine rings is 1. The minimum absolute atomic E-state index is 0.0370. The highest BCUT2D eigenvalue weighted by molar-refractivity contribution is 6.35. The molecule has 0 bridgehead atoms. The minimum Gasteiger partial charge on any atom is -0.392 e. The fraction of sp³-hybridized carbons (Fsp3) is 0.429. The summed E-state index contributed by atoms with van der Waals surface area (Å²) in [7, 11) is 0. The number of para-hydroxylation sites is 1. The van der Waals surface area contributed by atoms with Crippen molar-refractivity contribution in [1.29, 1.82) is 0 Å². The molecule has 2 N–H and O–H groups in total. The molecule has 38 heavy (non-hydrogen) atoms. The summed E-state index contributed by atoms with van der Waals surface area (Å²) in [5.41, 5.74) is 2.68. The number of hydrogen-bond donors (Lipinski definition) is 2. The standard InChI is InChI=1S/C28H33ClN6O3/c1-19-16-20(10-12-30-19)27(38)32-28-31-24-8-4-7-23(29)26(24)35(28)21-6-2-3-14-34(17-21)25(37)9-5-13-33-15-11-22(36)18-33/h4-5,7-10,12,16,21-22,36H,2-3,6,11,13-15,17-18H2,1H3,(H,31,32,38)/t21-,22+/m1/s1. The smallest absolute Gasteiger partial charge is 0.258 e. The number of aromatic nitrogens is 3. The number of nitrogens with zero attached hydrogens (tertiary/aromatic N) is 5. The zero-order chi connectivity index (χ0) is 26.6. The number of aliphatic hydroxyl groups excluding tert-OH is 1. The van der Waals surface area contributed by atoms with E-state index in [9.17, 15) is 14.7 Å². The Morgan fingerprint density at radius 2 is 2.05 bits per heavy atom. The number of benzene rings is 1. The predicted octanol–water partition coefficient (Wildman–Crippen LogP) is 3.82. The molecule has 5 rings (SSSR count). The van der Waals surface area contributed by atoms with Crippen molar-refractivity contribution < 1.29 is 14.7 Å². The molecule has 2 saturated heterocycles. The maximum Gasteiger partial charge on any atom is 0.258 e. The van der Waals surface area contributed by atoms with Crippen molar-refractivity contribution in [3.05, 3.63) is 65.0 Å². The second kappa shape index (κ2) is 11.6. The number of aryl methyl sites for hydroxylation is 1. The quantitative estimate of drug-likeness (QED) is 0.464. The lowest BCUT2D eigenvalue weighted by Gasteiger charge is -2.26. The van der Waals surface area contributed by atoms with Gasteiger partial charge in [-0.15, -0.1) is 0 Å². The number of aliphatic hydroxyl groups is 1. The van der Waals surface area contributed by atoms with Crippen LogP contribution in [0.2, 0.25) is 5.02 Å². The molecule has 1 aromatic carbocycles. The first kappa shape index (κ1) is 26.3. The first-order valence-corrected chi connectivity index (χ1v) is 13.5. The maximum absolute atomic E-state index is 13.2. The van der Waals surface area contributed by atoms with Crippen LogP contribution >= 0.6 is 11.6 Å². The molecule has 200 valence electrons. The van der Waals surface area contributed by atoms with E-state index < -0.39 is 0 Å². The molecule has 4 heterocycles. The molecule has 0 unspecified atom stereocenters. The van der Waals surface area contributed by atoms with Crippen molar-refractivity contribution in [1.82, 2.24) is 24.3 Å². The summed E-state index contributed by atoms with van der Waals surface area (Å²) < 4.78 is 1.99. The third-order valence-corrected chi connectivity index (χ3v) is 7.54. The van der Waals surface area contributed by atoms with Gasteiger partial charge in [0.2, 0.25) is 11.9 Å². The van der Waals surface area contributed by atoms with Gasteiger partial charge >= 0.3 is 0 Å². The molecule has 2 aromatic heterocycles. The number of carbonyl (C=O) groups is 2. The van der Waals surface area contributed by atoms with Gasteiger partial charge in [0.1, 0.15) is 0 Å². The molecule has 9 nitrogen and oxygen atoms in total. The number of imidazole rings is 1. The number of nitrogens with one attached hydrogen (secondary N) is 1. The van der Waals surface area contributed by atoms with Crippen LogP contribution in [0.3, 0.4) is 0 Å². The number of likely N-dealkylation sites (tertiary alicyclic amines) is 2. The van der Waals surface area contributed by atoms with Gasteiger partial charge < -0.3 is 14.6 Å². The number of carbonyl (C=O) groups excluding carboxylic acids is 2. The Hall–Kier alpha value is -3.27. The summed E-state index contributed by atoms with van der Waals surface area (Å²) >= 11 is 6.65. The molecule has 2 aliphatic heterocycles. The van der Waals surface area contributed by atoms with Gasteiger partial charge in [0.15, 0.2) is 0 Å². The highest BCUT2D eigenvalue weighted by Gasteiger charge is 2.27. The van der Waals surface area contributed by atoms with Crippen molar-refractivity contribution >= 4 is 40.4 Å². The first-order valence-electron chi connectivity index (χ1n) is 13.2. The van der Waals surface area contributed by atoms with Crippen LogP contribution in [0.4, 0.5) is 5.95 Å². The van der Waals surface area contributed by atoms with Gasteiger partial charge in [-0.3, -0.25) is 24.8 Å². The van der Waals surface area contributed by atoms with E-state index in [1.165, 1.54) is 0 Å². The molecule has 2 fully saturated rings. The van der Waals surface area contributed by atoms with Crippen LogP contribution in [-0.4, -0.2) is 80.1 Å². The van der Waals surface area contributed by atoms with Crippen LogP contribution in [-0.2, 0) is 4.79 Å². The number of anilines is 1. The van der Waals surface area contributed by atoms with Gasteiger partial charge in [-0.25, -0.2) is 4.98 Å². The van der Waals surface area contributed by atoms with Crippen LogP contribution in [0.25, 0.3) is 11.0 Å². The van der Waals surface area contributed by atoms with E-state index in [-0.39, 0.29) is 24.0 Å². The van der Waals surface area contributed by atoms with E-state index in [0.29, 0.717) is 48.2 Å². The second-order valence-corrected chi connectivity index (χ2v) is 10.5. The van der Waals surface area contributed by atoms with E-state index in [0.717, 1.165) is 43.4 Å². The highest BCUT2D eigenvalue weighted by atomic mass is 35.5. The van der Waals surface area contributed by atoms with E-state index in [2.05, 4.69) is 15.2 Å². The van der Waals surface area contributed by atoms with Crippen LogP contribution in [0.5, 0.6) is 0 Å². The number of β-amino-alcohol motifs (C(OH)–C–C–N with tert-alkyl or cyclic N) is 1. The monoisotopic (exact) mass is 536 g/mol. The molecule has 2 amide bonds. The van der Waals surface area contributed by atoms with Crippen molar-refractivity contribution in [3.63, 3.8) is 0 Å². The molecule has 3 aromatic rings. The number of halogens is 1. The van der Waals surface area contributed by atoms with Gasteiger partial charge in [0, 0.05) is 56.3 Å². The number of rotatable bonds is 6. The zero-order valence-electron chi connectivity index (χ0n) is 21.5. The Bertz CT molecular complexity index is 1360. The van der Waals surface area contributed by atoms with Crippen molar-refractivity contribution in [2.24, 2.45) is 0 Å². The molecule has 2 atom stereocenters. The van der Waals surface area contributed by atoms with Gasteiger partial charge in [-0.2, -0.15) is 0 Å². The van der Waals surface area contributed by atoms with Crippen LogP contribution in [0, 0.1) is 6.92 Å². The topological polar surface area (TPSA) is 104 Å². The minimum atomic E-state index is -0.278. The Kier molecular flexibility index (Phi) is 8.06. The number of hydrogen-bond acceptors (Lipinski definition) is 6. The number of fused-ring (bicyclic) bond motifs is 1. The molecule has 0 radical (unpaired) electrons. The maximum atomic E-state index is 13.2. The van der Waals surface area contributed by atoms with E-state index in [1.54, 1.807) is 24.4 Å². The van der Waals surface area contributed by atoms with Crippen molar-refractivity contribution in [2.45, 2.75) is 44.8 Å². The average Bonchev–Trinajstić information content (AvgIpc) is 3.38. The lowest BCUT2D eigenvalue weighted by atomic mass is 10.1. The summed E-state index contributed by atoms with van der Waals surface area (Å²) in [4.78, 5) is 39.2. The molecule has 10 heteroatoms. The van der Waals surface area contributed by atoms with E-state index in [1.807, 2.05) is 40.7 Å². The Morgan fingerprint density at radius 3 is 2.84 bits per heavy atom. The molecule has 2 aliphatic rings. The molecular formula is C28H33ClN6O3. The van der Waals surface area contributed by atoms with Crippen LogP contribution in [0.15, 0.2) is 48.7 Å². The lowest BCUT2D eigenvalue weighted by molar-refractivity contribution is -0.126. The zero-order valence-corrected chi connectivity index (χ0v) is 22.3. The van der Waals surface area contributed by atoms with Crippen molar-refractivity contribution in [2.75, 3.05) is 38.0 Å². The van der Waals surface area contributed by atoms with Gasteiger partial charge in [0.25, 0.3) is 5.91 Å². The second-order valence-electron chi connectivity index (χ2n) is 10.1. The van der Waals surface area contributed by atoms with Crippen LogP contribution < -0.4 is 5.32 Å². The van der Waals surface area contributed by atoms with Crippen molar-refractivity contribution in [3.8, 4) is 0 Å². The third kappa shape index (κ3) is 5.90. The fourth-order valence-corrected chi connectivity index (χ4v) is 5.59. The first-order chi connectivity index (χ1) is 18.4. The number of amides is 2. The molecule has 0 saturated carbocycles. The average molecular weight is 537 g/mol. The highest BCUT2D eigenvalue weighted by Crippen LogP contribution is 2.34. The summed E-state index contributed by atoms with van der Waals surface area (Å²) in [6.07, 6.45) is 8.28. The largest absolute Gasteiger partial charge is 0.392 e. The molecular weight excluding hydrogens is 504 g/mol. The predicted molar refractivity (Wildman–Crippen MR) is 147 cm³/mol. The fourth-order valence-electron chi connectivity index (χ4n) is 5.33. The van der Waals surface area contributed by atoms with Crippen LogP contribution in [0.1, 0.15) is 47.8 Å². The summed E-state index contributed by atoms with van der Waals surface area (Å²) in [5.74, 6) is 0.0969. The summed E-state index contributed by atoms with van der Waals surface area (Å²) in [6, 6.07) is 8.83.